The summed E-state index contributed by atoms with van der Waals surface area (Å²) in [5.41, 5.74) is 6.79. The first-order valence-corrected chi connectivity index (χ1v) is 9.56. The maximum Gasteiger partial charge on any atom is 0.242 e. The molecule has 0 aromatic heterocycles. The van der Waals surface area contributed by atoms with Gasteiger partial charge in [-0.1, -0.05) is 0 Å². The molecule has 0 unspecified atom stereocenters. The molecule has 3 rings (SSSR count). The minimum absolute atomic E-state index is 0.102. The van der Waals surface area contributed by atoms with Gasteiger partial charge in [0, 0.05) is 32.9 Å². The molecule has 2 aliphatic heterocycles. The highest BCUT2D eigenvalue weighted by molar-refractivity contribution is 7.89. The number of nitrogens with zero attached hydrogens (tertiary/aromatic N) is 2. The maximum absolute atomic E-state index is 11.8. The number of hydrogen-bond acceptors (Lipinski definition) is 5. The second-order valence-corrected chi connectivity index (χ2v) is 8.32. The maximum atomic E-state index is 11.8. The summed E-state index contributed by atoms with van der Waals surface area (Å²) in [6.45, 7) is 4.47. The zero-order valence-corrected chi connectivity index (χ0v) is 15.1. The van der Waals surface area contributed by atoms with Gasteiger partial charge in [0.15, 0.2) is 0 Å². The molecule has 0 atom stereocenters. The van der Waals surface area contributed by atoms with Crippen LogP contribution in [-0.4, -0.2) is 63.8 Å². The summed E-state index contributed by atoms with van der Waals surface area (Å²) in [6.07, 6.45) is 2.99. The Hall–Kier alpha value is -1.48. The first kappa shape index (κ1) is 18.9. The number of anilines is 1. The van der Waals surface area contributed by atoms with Crippen LogP contribution in [0.2, 0.25) is 0 Å². The van der Waals surface area contributed by atoms with Crippen LogP contribution in [0.5, 0.6) is 0 Å². The lowest BCUT2D eigenvalue weighted by Gasteiger charge is -2.11. The number of rotatable bonds is 4. The predicted molar refractivity (Wildman–Crippen MR) is 94.4 cm³/mol. The second-order valence-electron chi connectivity index (χ2n) is 6.17. The zero-order valence-electron chi connectivity index (χ0n) is 14.3. The average Bonchev–Trinajstić information content (AvgIpc) is 3.15. The van der Waals surface area contributed by atoms with Crippen molar-refractivity contribution in [3.8, 4) is 0 Å². The zero-order chi connectivity index (χ0) is 17.7. The predicted octanol–water partition coefficient (Wildman–Crippen LogP) is 0.472. The lowest BCUT2D eigenvalue weighted by molar-refractivity contribution is -0.115. The third-order valence-corrected chi connectivity index (χ3v) is 5.94. The topological polar surface area (TPSA) is 95.7 Å². The smallest absolute Gasteiger partial charge is 0.242 e. The molecule has 24 heavy (non-hydrogen) atoms. The highest BCUT2D eigenvalue weighted by Crippen LogP contribution is 2.26. The van der Waals surface area contributed by atoms with Crippen molar-refractivity contribution >= 4 is 21.6 Å². The van der Waals surface area contributed by atoms with Gasteiger partial charge in [-0.3, -0.25) is 4.79 Å². The van der Waals surface area contributed by atoms with Crippen LogP contribution >= 0.6 is 0 Å². The van der Waals surface area contributed by atoms with Gasteiger partial charge >= 0.3 is 0 Å². The lowest BCUT2D eigenvalue weighted by atomic mass is 10.2. The SMILES string of the molecule is CN(C)S(=O)(=O)c1ccc2c(c1)CC(=O)N2.NCCN1CCCC1. The van der Waals surface area contributed by atoms with E-state index in [1.807, 2.05) is 0 Å². The number of nitrogens with two attached hydrogens (primary N) is 1. The summed E-state index contributed by atoms with van der Waals surface area (Å²) in [5, 5.41) is 2.66. The molecule has 0 radical (unpaired) electrons. The van der Waals surface area contributed by atoms with Crippen LogP contribution in [0.1, 0.15) is 18.4 Å². The van der Waals surface area contributed by atoms with Gasteiger partial charge < -0.3 is 16.0 Å². The van der Waals surface area contributed by atoms with E-state index < -0.39 is 10.0 Å². The molecule has 0 spiro atoms. The molecule has 7 nitrogen and oxygen atoms in total. The summed E-state index contributed by atoms with van der Waals surface area (Å²) in [7, 11) is -0.465. The normalized spacial score (nSPS) is 17.4. The van der Waals surface area contributed by atoms with Gasteiger partial charge in [0.2, 0.25) is 15.9 Å². The monoisotopic (exact) mass is 354 g/mol. The number of nitrogens with one attached hydrogen (secondary N) is 1. The fraction of sp³-hybridized carbons (Fsp3) is 0.562. The third-order valence-electron chi connectivity index (χ3n) is 4.12. The molecule has 3 N–H and O–H groups in total. The average molecular weight is 354 g/mol. The van der Waals surface area contributed by atoms with Crippen molar-refractivity contribution in [1.29, 1.82) is 0 Å². The number of carbonyl (C=O) groups excluding carboxylic acids is 1. The van der Waals surface area contributed by atoms with Crippen LogP contribution in [0.3, 0.4) is 0 Å². The van der Waals surface area contributed by atoms with Crippen LogP contribution in [0.25, 0.3) is 0 Å². The number of hydrogen-bond donors (Lipinski definition) is 2. The van der Waals surface area contributed by atoms with Crippen LogP contribution in [0, 0.1) is 0 Å². The Bertz CT molecular complexity index is 683. The van der Waals surface area contributed by atoms with E-state index in [0.717, 1.165) is 23.0 Å². The lowest BCUT2D eigenvalue weighted by Crippen LogP contribution is -2.26. The molecular formula is C16H26N4O3S. The van der Waals surface area contributed by atoms with E-state index in [0.29, 0.717) is 5.69 Å². The Labute approximate surface area is 143 Å². The van der Waals surface area contributed by atoms with Crippen molar-refractivity contribution in [2.45, 2.75) is 24.2 Å². The first-order valence-electron chi connectivity index (χ1n) is 8.12. The van der Waals surface area contributed by atoms with Crippen LogP contribution in [0.15, 0.2) is 23.1 Å². The Morgan fingerprint density at radius 3 is 2.50 bits per heavy atom. The molecule has 0 saturated carbocycles. The number of likely N-dealkylation sites (tertiary alicyclic amines) is 1. The summed E-state index contributed by atoms with van der Waals surface area (Å²) >= 11 is 0. The van der Waals surface area contributed by atoms with Crippen LogP contribution in [-0.2, 0) is 21.2 Å². The second kappa shape index (κ2) is 8.06. The molecule has 1 aromatic carbocycles. The van der Waals surface area contributed by atoms with Crippen molar-refractivity contribution < 1.29 is 13.2 Å². The molecule has 1 amide bonds. The quantitative estimate of drug-likeness (QED) is 0.820. The fourth-order valence-electron chi connectivity index (χ4n) is 2.77. The Morgan fingerprint density at radius 2 is 1.92 bits per heavy atom. The first-order chi connectivity index (χ1) is 11.3. The number of sulfonamides is 1. The Morgan fingerprint density at radius 1 is 1.25 bits per heavy atom. The van der Waals surface area contributed by atoms with Gasteiger partial charge in [0.1, 0.15) is 0 Å². The van der Waals surface area contributed by atoms with Crippen molar-refractivity contribution in [3.63, 3.8) is 0 Å². The molecule has 134 valence electrons. The van der Waals surface area contributed by atoms with E-state index in [1.54, 1.807) is 12.1 Å². The minimum Gasteiger partial charge on any atom is -0.329 e. The van der Waals surface area contributed by atoms with Crippen molar-refractivity contribution in [1.82, 2.24) is 9.21 Å². The van der Waals surface area contributed by atoms with Crippen LogP contribution < -0.4 is 11.1 Å². The molecule has 0 bridgehead atoms. The van der Waals surface area contributed by atoms with E-state index in [4.69, 9.17) is 5.73 Å². The van der Waals surface area contributed by atoms with Gasteiger partial charge in [0.25, 0.3) is 0 Å². The molecule has 2 aliphatic rings. The van der Waals surface area contributed by atoms with Gasteiger partial charge in [-0.15, -0.1) is 0 Å². The van der Waals surface area contributed by atoms with Crippen molar-refractivity contribution in [2.24, 2.45) is 5.73 Å². The van der Waals surface area contributed by atoms with Crippen molar-refractivity contribution in [3.05, 3.63) is 23.8 Å². The summed E-state index contributed by atoms with van der Waals surface area (Å²) < 4.78 is 24.8. The largest absolute Gasteiger partial charge is 0.329 e. The molecular weight excluding hydrogens is 328 g/mol. The molecule has 1 aromatic rings. The molecule has 8 heteroatoms. The van der Waals surface area contributed by atoms with Crippen LogP contribution in [0.4, 0.5) is 5.69 Å². The van der Waals surface area contributed by atoms with E-state index in [1.165, 1.54) is 46.1 Å². The Kier molecular flexibility index (Phi) is 6.34. The summed E-state index contributed by atoms with van der Waals surface area (Å²) in [5.74, 6) is -0.102. The standard InChI is InChI=1S/C10H12N2O3S.C6H14N2/c1-12(2)16(14,15)8-3-4-9-7(5-8)6-10(13)11-9;7-3-6-8-4-1-2-5-8/h3-5H,6H2,1-2H3,(H,11,13);1-7H2. The van der Waals surface area contributed by atoms with Gasteiger partial charge in [-0.25, -0.2) is 12.7 Å². The minimum atomic E-state index is -3.42. The van der Waals surface area contributed by atoms with Gasteiger partial charge in [-0.05, 0) is 49.7 Å². The highest BCUT2D eigenvalue weighted by atomic mass is 32.2. The van der Waals surface area contributed by atoms with Crippen molar-refractivity contribution in [2.75, 3.05) is 45.6 Å². The number of carbonyl (C=O) groups is 1. The number of benzene rings is 1. The fourth-order valence-corrected chi connectivity index (χ4v) is 3.72. The molecule has 1 saturated heterocycles. The van der Waals surface area contributed by atoms with Gasteiger partial charge in [-0.2, -0.15) is 0 Å². The van der Waals surface area contributed by atoms with E-state index in [-0.39, 0.29) is 17.2 Å². The highest BCUT2D eigenvalue weighted by Gasteiger charge is 2.22. The number of fused-ring (bicyclic) bond motifs is 1. The van der Waals surface area contributed by atoms with E-state index in [2.05, 4.69) is 10.2 Å². The summed E-state index contributed by atoms with van der Waals surface area (Å²) in [6, 6.07) is 4.67. The van der Waals surface area contributed by atoms with E-state index in [9.17, 15) is 13.2 Å². The molecule has 0 aliphatic carbocycles. The molecule has 1 fully saturated rings. The molecule has 2 heterocycles. The number of amides is 1. The summed E-state index contributed by atoms with van der Waals surface area (Å²) in [4.78, 5) is 13.8. The van der Waals surface area contributed by atoms with E-state index >= 15 is 0 Å². The Balaban J connectivity index is 0.000000219. The van der Waals surface area contributed by atoms with Gasteiger partial charge in [0.05, 0.1) is 11.3 Å². The third kappa shape index (κ3) is 4.54.